The predicted molar refractivity (Wildman–Crippen MR) is 128 cm³/mol. The SMILES string of the molecule is CC[C@@H](Oc1ccc2c(c1)[C@H](c1ccc(F)cc1)N(C(=O)C(C)(C)C)CC2)C(=O)N(C)CC. The smallest absolute Gasteiger partial charge is 0.263 e. The molecule has 2 amide bonds. The molecule has 0 unspecified atom stereocenters. The third-order valence-corrected chi connectivity index (χ3v) is 6.21. The summed E-state index contributed by atoms with van der Waals surface area (Å²) in [5.41, 5.74) is 2.38. The molecule has 0 spiro atoms. The fraction of sp³-hybridized carbons (Fsp3) is 0.481. The highest BCUT2D eigenvalue weighted by molar-refractivity contribution is 5.83. The molecule has 0 saturated carbocycles. The minimum atomic E-state index is -0.576. The van der Waals surface area contributed by atoms with Crippen molar-refractivity contribution in [2.45, 2.75) is 59.6 Å². The third-order valence-electron chi connectivity index (χ3n) is 6.21. The van der Waals surface area contributed by atoms with Gasteiger partial charge in [-0.1, -0.05) is 45.9 Å². The quantitative estimate of drug-likeness (QED) is 0.618. The van der Waals surface area contributed by atoms with Gasteiger partial charge in [-0.3, -0.25) is 9.59 Å². The Morgan fingerprint density at radius 1 is 1.15 bits per heavy atom. The lowest BCUT2D eigenvalue weighted by Gasteiger charge is -2.41. The van der Waals surface area contributed by atoms with Gasteiger partial charge < -0.3 is 14.5 Å². The Balaban J connectivity index is 2.03. The molecule has 0 saturated heterocycles. The van der Waals surface area contributed by atoms with Crippen LogP contribution in [0.1, 0.15) is 63.8 Å². The zero-order valence-electron chi connectivity index (χ0n) is 20.5. The van der Waals surface area contributed by atoms with E-state index in [0.717, 1.165) is 23.1 Å². The van der Waals surface area contributed by atoms with Gasteiger partial charge in [0.1, 0.15) is 11.6 Å². The lowest BCUT2D eigenvalue weighted by atomic mass is 9.85. The van der Waals surface area contributed by atoms with Crippen molar-refractivity contribution in [3.8, 4) is 5.75 Å². The molecule has 2 aromatic rings. The van der Waals surface area contributed by atoms with Crippen LogP contribution in [0.5, 0.6) is 5.75 Å². The number of amides is 2. The number of nitrogens with zero attached hydrogens (tertiary/aromatic N) is 2. The number of fused-ring (bicyclic) bond motifs is 1. The van der Waals surface area contributed by atoms with Gasteiger partial charge in [0.05, 0.1) is 6.04 Å². The summed E-state index contributed by atoms with van der Waals surface area (Å²) in [5.74, 6) is 0.262. The lowest BCUT2D eigenvalue weighted by Crippen LogP contribution is -2.45. The minimum absolute atomic E-state index is 0.0416. The average molecular weight is 455 g/mol. The third kappa shape index (κ3) is 5.37. The number of halogens is 1. The Morgan fingerprint density at radius 2 is 1.82 bits per heavy atom. The van der Waals surface area contributed by atoms with Crippen LogP contribution in [-0.2, 0) is 16.0 Å². The topological polar surface area (TPSA) is 49.9 Å². The summed E-state index contributed by atoms with van der Waals surface area (Å²) in [6.07, 6.45) is 0.702. The second kappa shape index (κ2) is 9.94. The summed E-state index contributed by atoms with van der Waals surface area (Å²) >= 11 is 0. The van der Waals surface area contributed by atoms with Crippen molar-refractivity contribution in [1.82, 2.24) is 9.80 Å². The summed E-state index contributed by atoms with van der Waals surface area (Å²) in [6, 6.07) is 11.8. The molecule has 6 heteroatoms. The minimum Gasteiger partial charge on any atom is -0.481 e. The van der Waals surface area contributed by atoms with Gasteiger partial charge in [-0.25, -0.2) is 4.39 Å². The Morgan fingerprint density at radius 3 is 2.39 bits per heavy atom. The maximum atomic E-state index is 13.7. The van der Waals surface area contributed by atoms with E-state index < -0.39 is 11.5 Å². The number of likely N-dealkylation sites (N-methyl/N-ethyl adjacent to an activating group) is 1. The normalized spacial score (nSPS) is 16.7. The van der Waals surface area contributed by atoms with E-state index in [9.17, 15) is 14.0 Å². The van der Waals surface area contributed by atoms with Crippen LogP contribution in [0.25, 0.3) is 0 Å². The highest BCUT2D eigenvalue weighted by Crippen LogP contribution is 2.39. The number of hydrogen-bond donors (Lipinski definition) is 0. The number of ether oxygens (including phenoxy) is 1. The van der Waals surface area contributed by atoms with E-state index in [2.05, 4.69) is 0 Å². The summed E-state index contributed by atoms with van der Waals surface area (Å²) in [5, 5.41) is 0. The Bertz CT molecular complexity index is 997. The first-order valence-corrected chi connectivity index (χ1v) is 11.7. The van der Waals surface area contributed by atoms with Gasteiger partial charge >= 0.3 is 0 Å². The molecule has 0 N–H and O–H groups in total. The molecule has 2 aromatic carbocycles. The van der Waals surface area contributed by atoms with Crippen molar-refractivity contribution in [3.05, 3.63) is 65.0 Å². The van der Waals surface area contributed by atoms with Crippen LogP contribution in [0.3, 0.4) is 0 Å². The molecular weight excluding hydrogens is 419 g/mol. The molecular formula is C27H35FN2O3. The standard InChI is InChI=1S/C27H35FN2O3/c1-7-23(25(31)29(6)8-2)33-21-14-11-18-15-16-30(26(32)27(3,4)5)24(22(18)17-21)19-9-12-20(28)13-10-19/h9-14,17,23-24H,7-8,15-16H2,1-6H3/t23-,24+/m1/s1. The van der Waals surface area contributed by atoms with Gasteiger partial charge in [0.15, 0.2) is 6.10 Å². The fourth-order valence-corrected chi connectivity index (χ4v) is 4.19. The van der Waals surface area contributed by atoms with Gasteiger partial charge in [-0.2, -0.15) is 0 Å². The molecule has 5 nitrogen and oxygen atoms in total. The van der Waals surface area contributed by atoms with Crippen LogP contribution < -0.4 is 4.74 Å². The van der Waals surface area contributed by atoms with E-state index in [1.54, 1.807) is 24.1 Å². The molecule has 0 bridgehead atoms. The fourth-order valence-electron chi connectivity index (χ4n) is 4.19. The van der Waals surface area contributed by atoms with Crippen molar-refractivity contribution >= 4 is 11.8 Å². The van der Waals surface area contributed by atoms with E-state index in [1.165, 1.54) is 12.1 Å². The molecule has 1 aliphatic rings. The van der Waals surface area contributed by atoms with Gasteiger partial charge in [-0.05, 0) is 60.7 Å². The summed E-state index contributed by atoms with van der Waals surface area (Å²) < 4.78 is 19.8. The summed E-state index contributed by atoms with van der Waals surface area (Å²) in [6.45, 7) is 10.8. The van der Waals surface area contributed by atoms with Crippen LogP contribution in [0, 0.1) is 11.2 Å². The first-order valence-electron chi connectivity index (χ1n) is 11.7. The molecule has 0 aromatic heterocycles. The number of carbonyl (C=O) groups excluding carboxylic acids is 2. The van der Waals surface area contributed by atoms with Crippen molar-refractivity contribution < 1.29 is 18.7 Å². The highest BCUT2D eigenvalue weighted by atomic mass is 19.1. The summed E-state index contributed by atoms with van der Waals surface area (Å²) in [4.78, 5) is 29.6. The van der Waals surface area contributed by atoms with E-state index in [0.29, 0.717) is 25.3 Å². The van der Waals surface area contributed by atoms with Crippen LogP contribution in [-0.4, -0.2) is 47.9 Å². The maximum absolute atomic E-state index is 13.7. The van der Waals surface area contributed by atoms with E-state index in [-0.39, 0.29) is 23.7 Å². The van der Waals surface area contributed by atoms with Gasteiger partial charge in [-0.15, -0.1) is 0 Å². The molecule has 3 rings (SSSR count). The molecule has 0 aliphatic carbocycles. The first-order chi connectivity index (χ1) is 15.6. The molecule has 0 radical (unpaired) electrons. The first kappa shape index (κ1) is 24.7. The van der Waals surface area contributed by atoms with Crippen molar-refractivity contribution in [2.24, 2.45) is 5.41 Å². The van der Waals surface area contributed by atoms with Gasteiger partial charge in [0, 0.05) is 25.6 Å². The zero-order valence-corrected chi connectivity index (χ0v) is 20.5. The van der Waals surface area contributed by atoms with Gasteiger partial charge in [0.2, 0.25) is 5.91 Å². The van der Waals surface area contributed by atoms with E-state index in [1.807, 2.05) is 57.7 Å². The van der Waals surface area contributed by atoms with Gasteiger partial charge in [0.25, 0.3) is 5.91 Å². The number of carbonyl (C=O) groups is 2. The van der Waals surface area contributed by atoms with Crippen molar-refractivity contribution in [3.63, 3.8) is 0 Å². The molecule has 178 valence electrons. The van der Waals surface area contributed by atoms with Crippen LogP contribution in [0.2, 0.25) is 0 Å². The average Bonchev–Trinajstić information content (AvgIpc) is 2.80. The molecule has 0 fully saturated rings. The monoisotopic (exact) mass is 454 g/mol. The van der Waals surface area contributed by atoms with Crippen molar-refractivity contribution in [2.75, 3.05) is 20.1 Å². The Kier molecular flexibility index (Phi) is 7.45. The number of hydrogen-bond acceptors (Lipinski definition) is 3. The second-order valence-corrected chi connectivity index (χ2v) is 9.68. The van der Waals surface area contributed by atoms with Crippen LogP contribution in [0.15, 0.2) is 42.5 Å². The van der Waals surface area contributed by atoms with Crippen molar-refractivity contribution in [1.29, 1.82) is 0 Å². The zero-order chi connectivity index (χ0) is 24.3. The highest BCUT2D eigenvalue weighted by Gasteiger charge is 2.37. The number of rotatable bonds is 6. The van der Waals surface area contributed by atoms with E-state index in [4.69, 9.17) is 4.74 Å². The predicted octanol–water partition coefficient (Wildman–Crippen LogP) is 4.98. The molecule has 1 aliphatic heterocycles. The molecule has 2 atom stereocenters. The van der Waals surface area contributed by atoms with Crippen LogP contribution in [0.4, 0.5) is 4.39 Å². The summed E-state index contributed by atoms with van der Waals surface area (Å²) in [7, 11) is 1.77. The Hall–Kier alpha value is -2.89. The Labute approximate surface area is 196 Å². The molecule has 1 heterocycles. The second-order valence-electron chi connectivity index (χ2n) is 9.68. The largest absolute Gasteiger partial charge is 0.481 e. The maximum Gasteiger partial charge on any atom is 0.263 e. The molecule has 33 heavy (non-hydrogen) atoms. The van der Waals surface area contributed by atoms with E-state index >= 15 is 0 Å². The number of benzene rings is 2. The van der Waals surface area contributed by atoms with Crippen LogP contribution >= 0.6 is 0 Å². The lowest BCUT2D eigenvalue weighted by molar-refractivity contribution is -0.141.